The number of nitrogens with zero attached hydrogens (tertiary/aromatic N) is 2. The summed E-state index contributed by atoms with van der Waals surface area (Å²) in [6, 6.07) is 7.42. The average Bonchev–Trinajstić information content (AvgIpc) is 2.53. The first-order valence-corrected chi connectivity index (χ1v) is 8.84. The third-order valence-corrected chi connectivity index (χ3v) is 4.84. The molecule has 0 unspecified atom stereocenters. The molecule has 0 bridgehead atoms. The van der Waals surface area contributed by atoms with Crippen LogP contribution in [0.25, 0.3) is 10.9 Å². The van der Waals surface area contributed by atoms with Gasteiger partial charge in [-0.15, -0.1) is 0 Å². The van der Waals surface area contributed by atoms with Gasteiger partial charge in [0, 0.05) is 12.6 Å². The van der Waals surface area contributed by atoms with Crippen molar-refractivity contribution < 1.29 is 4.79 Å². The molecule has 0 radical (unpaired) electrons. The van der Waals surface area contributed by atoms with Crippen molar-refractivity contribution in [1.82, 2.24) is 14.9 Å². The third kappa shape index (κ3) is 4.13. The van der Waals surface area contributed by atoms with Gasteiger partial charge in [-0.05, 0) is 31.9 Å². The number of nitrogens with one attached hydrogen (secondary N) is 1. The van der Waals surface area contributed by atoms with Crippen LogP contribution in [-0.4, -0.2) is 27.3 Å². The van der Waals surface area contributed by atoms with Gasteiger partial charge in [0.25, 0.3) is 5.56 Å². The SMILES string of the molecule is CCn1c(SCC(=O)N[C@H](C)C(C)C)nc2ccccc2c1=O. The van der Waals surface area contributed by atoms with Crippen molar-refractivity contribution in [1.29, 1.82) is 0 Å². The van der Waals surface area contributed by atoms with Crippen molar-refractivity contribution in [2.45, 2.75) is 45.4 Å². The zero-order chi connectivity index (χ0) is 17.0. The van der Waals surface area contributed by atoms with Gasteiger partial charge in [0.2, 0.25) is 5.91 Å². The minimum absolute atomic E-state index is 0.0405. The molecule has 124 valence electrons. The standard InChI is InChI=1S/C17H23N3O2S/c1-5-20-16(22)13-8-6-7-9-14(13)19-17(20)23-10-15(21)18-12(4)11(2)3/h6-9,11-12H,5,10H2,1-4H3,(H,18,21)/t12-/m1/s1. The van der Waals surface area contributed by atoms with Crippen molar-refractivity contribution in [3.05, 3.63) is 34.6 Å². The summed E-state index contributed by atoms with van der Waals surface area (Å²) >= 11 is 1.30. The third-order valence-electron chi connectivity index (χ3n) is 3.86. The van der Waals surface area contributed by atoms with Gasteiger partial charge < -0.3 is 5.32 Å². The highest BCUT2D eigenvalue weighted by Crippen LogP contribution is 2.17. The number of hydrogen-bond donors (Lipinski definition) is 1. The maximum atomic E-state index is 12.5. The van der Waals surface area contributed by atoms with Gasteiger partial charge in [-0.25, -0.2) is 4.98 Å². The molecule has 5 nitrogen and oxygen atoms in total. The van der Waals surface area contributed by atoms with E-state index in [1.165, 1.54) is 11.8 Å². The topological polar surface area (TPSA) is 64.0 Å². The lowest BCUT2D eigenvalue weighted by Crippen LogP contribution is -2.37. The highest BCUT2D eigenvalue weighted by Gasteiger charge is 2.14. The maximum absolute atomic E-state index is 12.5. The van der Waals surface area contributed by atoms with Gasteiger partial charge in [0.15, 0.2) is 5.16 Å². The number of rotatable bonds is 6. The molecule has 0 aliphatic rings. The van der Waals surface area contributed by atoms with Gasteiger partial charge in [-0.1, -0.05) is 37.7 Å². The van der Waals surface area contributed by atoms with Gasteiger partial charge in [-0.3, -0.25) is 14.2 Å². The summed E-state index contributed by atoms with van der Waals surface area (Å²) in [6.45, 7) is 8.56. The van der Waals surface area contributed by atoms with Crippen LogP contribution in [0, 0.1) is 5.92 Å². The molecule has 0 fully saturated rings. The second-order valence-electron chi connectivity index (χ2n) is 5.85. The number of fused-ring (bicyclic) bond motifs is 1. The molecule has 1 amide bonds. The van der Waals surface area contributed by atoms with Crippen molar-refractivity contribution in [3.63, 3.8) is 0 Å². The second-order valence-corrected chi connectivity index (χ2v) is 6.79. The lowest BCUT2D eigenvalue weighted by atomic mass is 10.1. The van der Waals surface area contributed by atoms with Crippen molar-refractivity contribution in [3.8, 4) is 0 Å². The zero-order valence-corrected chi connectivity index (χ0v) is 14.8. The number of para-hydroxylation sites is 1. The fourth-order valence-corrected chi connectivity index (χ4v) is 3.00. The van der Waals surface area contributed by atoms with E-state index in [0.717, 1.165) is 0 Å². The minimum atomic E-state index is -0.0587. The summed E-state index contributed by atoms with van der Waals surface area (Å²) < 4.78 is 1.62. The molecule has 6 heteroatoms. The minimum Gasteiger partial charge on any atom is -0.353 e. The van der Waals surface area contributed by atoms with Crippen LogP contribution >= 0.6 is 11.8 Å². The highest BCUT2D eigenvalue weighted by molar-refractivity contribution is 7.99. The van der Waals surface area contributed by atoms with Gasteiger partial charge in [-0.2, -0.15) is 0 Å². The predicted molar refractivity (Wildman–Crippen MR) is 94.8 cm³/mol. The molecule has 2 aromatic rings. The van der Waals surface area contributed by atoms with E-state index in [4.69, 9.17) is 0 Å². The largest absolute Gasteiger partial charge is 0.353 e. The van der Waals surface area contributed by atoms with Gasteiger partial charge >= 0.3 is 0 Å². The maximum Gasteiger partial charge on any atom is 0.262 e. The Bertz CT molecular complexity index is 755. The number of thioether (sulfide) groups is 1. The highest BCUT2D eigenvalue weighted by atomic mass is 32.2. The lowest BCUT2D eigenvalue weighted by molar-refractivity contribution is -0.119. The number of amides is 1. The van der Waals surface area contributed by atoms with E-state index in [0.29, 0.717) is 28.5 Å². The quantitative estimate of drug-likeness (QED) is 0.652. The summed E-state index contributed by atoms with van der Waals surface area (Å²) in [6.07, 6.45) is 0. The zero-order valence-electron chi connectivity index (χ0n) is 14.0. The van der Waals surface area contributed by atoms with E-state index in [-0.39, 0.29) is 23.3 Å². The van der Waals surface area contributed by atoms with Crippen LogP contribution in [0.1, 0.15) is 27.7 Å². The average molecular weight is 333 g/mol. The van der Waals surface area contributed by atoms with Crippen LogP contribution < -0.4 is 10.9 Å². The smallest absolute Gasteiger partial charge is 0.262 e. The Morgan fingerprint density at radius 2 is 2.00 bits per heavy atom. The first-order chi connectivity index (χ1) is 10.9. The molecule has 0 saturated heterocycles. The van der Waals surface area contributed by atoms with Crippen LogP contribution in [-0.2, 0) is 11.3 Å². The molecule has 1 heterocycles. The second kappa shape index (κ2) is 7.64. The van der Waals surface area contributed by atoms with E-state index in [9.17, 15) is 9.59 Å². The summed E-state index contributed by atoms with van der Waals surface area (Å²) in [4.78, 5) is 29.1. The molecule has 0 spiro atoms. The van der Waals surface area contributed by atoms with E-state index in [1.54, 1.807) is 10.6 Å². The van der Waals surface area contributed by atoms with Crippen molar-refractivity contribution in [2.24, 2.45) is 5.92 Å². The normalized spacial score (nSPS) is 12.6. The molecule has 1 aromatic heterocycles. The fourth-order valence-electron chi connectivity index (χ4n) is 2.13. The Morgan fingerprint density at radius 3 is 2.65 bits per heavy atom. The Kier molecular flexibility index (Phi) is 5.82. The molecule has 0 aliphatic carbocycles. The molecule has 1 aromatic carbocycles. The Morgan fingerprint density at radius 1 is 1.30 bits per heavy atom. The van der Waals surface area contributed by atoms with E-state index in [1.807, 2.05) is 32.0 Å². The molecular formula is C17H23N3O2S. The van der Waals surface area contributed by atoms with Crippen LogP contribution in [0.4, 0.5) is 0 Å². The van der Waals surface area contributed by atoms with Gasteiger partial charge in [0.1, 0.15) is 0 Å². The number of aromatic nitrogens is 2. The van der Waals surface area contributed by atoms with Gasteiger partial charge in [0.05, 0.1) is 16.7 Å². The Balaban J connectivity index is 2.20. The summed E-state index contributed by atoms with van der Waals surface area (Å²) in [7, 11) is 0. The van der Waals surface area contributed by atoms with E-state index >= 15 is 0 Å². The van der Waals surface area contributed by atoms with Crippen molar-refractivity contribution >= 4 is 28.6 Å². The van der Waals surface area contributed by atoms with E-state index in [2.05, 4.69) is 24.1 Å². The number of carbonyl (C=O) groups excluding carboxylic acids is 1. The number of carbonyl (C=O) groups is 1. The molecule has 0 saturated carbocycles. The monoisotopic (exact) mass is 333 g/mol. The molecule has 1 atom stereocenters. The fraction of sp³-hybridized carbons (Fsp3) is 0.471. The molecule has 0 aliphatic heterocycles. The molecule has 23 heavy (non-hydrogen) atoms. The van der Waals surface area contributed by atoms with Crippen LogP contribution in [0.5, 0.6) is 0 Å². The number of hydrogen-bond acceptors (Lipinski definition) is 4. The molecule has 2 rings (SSSR count). The van der Waals surface area contributed by atoms with E-state index < -0.39 is 0 Å². The van der Waals surface area contributed by atoms with Crippen LogP contribution in [0.3, 0.4) is 0 Å². The summed E-state index contributed by atoms with van der Waals surface area (Å²) in [5.74, 6) is 0.597. The van der Waals surface area contributed by atoms with Crippen LogP contribution in [0.15, 0.2) is 34.2 Å². The van der Waals surface area contributed by atoms with Crippen LogP contribution in [0.2, 0.25) is 0 Å². The Labute approximate surface area is 140 Å². The Hall–Kier alpha value is -1.82. The lowest BCUT2D eigenvalue weighted by Gasteiger charge is -2.17. The van der Waals surface area contributed by atoms with Crippen molar-refractivity contribution in [2.75, 3.05) is 5.75 Å². The molecule has 1 N–H and O–H groups in total. The first kappa shape index (κ1) is 17.5. The summed E-state index contributed by atoms with van der Waals surface area (Å²) in [5, 5.41) is 4.16. The summed E-state index contributed by atoms with van der Waals surface area (Å²) in [5.41, 5.74) is 0.609. The first-order valence-electron chi connectivity index (χ1n) is 7.85. The number of benzene rings is 1. The molecular weight excluding hydrogens is 310 g/mol. The predicted octanol–water partition coefficient (Wildman–Crippen LogP) is 2.67.